The van der Waals surface area contributed by atoms with Gasteiger partial charge in [-0.3, -0.25) is 0 Å². The lowest BCUT2D eigenvalue weighted by Crippen LogP contribution is -2.48. The van der Waals surface area contributed by atoms with Gasteiger partial charge in [0.2, 0.25) is 0 Å². The zero-order valence-electron chi connectivity index (χ0n) is 12.1. The minimum Gasteiger partial charge on any atom is -0.480 e. The lowest BCUT2D eigenvalue weighted by molar-refractivity contribution is -0.139. The molecule has 2 amide bonds. The van der Waals surface area contributed by atoms with Crippen LogP contribution < -0.4 is 10.6 Å². The molecule has 2 unspecified atom stereocenters. The normalized spacial score (nSPS) is 13.6. The number of hydrogen-bond acceptors (Lipinski definition) is 3. The number of carboxylic acids is 1. The molecule has 0 aromatic carbocycles. The highest BCUT2D eigenvalue weighted by Crippen LogP contribution is 2.16. The predicted octanol–water partition coefficient (Wildman–Crippen LogP) is 2.54. The number of carbonyl (C=O) groups excluding carboxylic acids is 1. The Balaban J connectivity index is 2.42. The Morgan fingerprint density at radius 2 is 2.05 bits per heavy atom. The molecule has 20 heavy (non-hydrogen) atoms. The molecular weight excluding hydrogens is 276 g/mol. The molecule has 0 saturated carbocycles. The zero-order chi connectivity index (χ0) is 15.1. The van der Waals surface area contributed by atoms with Crippen molar-refractivity contribution in [1.82, 2.24) is 10.6 Å². The van der Waals surface area contributed by atoms with Crippen molar-refractivity contribution in [3.8, 4) is 0 Å². The van der Waals surface area contributed by atoms with E-state index < -0.39 is 18.0 Å². The molecule has 0 aliphatic carbocycles. The lowest BCUT2D eigenvalue weighted by atomic mass is 10.2. The molecule has 3 N–H and O–H groups in total. The highest BCUT2D eigenvalue weighted by atomic mass is 32.1. The molecule has 2 atom stereocenters. The topological polar surface area (TPSA) is 78.4 Å². The molecular formula is C14H22N2O3S. The second kappa shape index (κ2) is 7.89. The van der Waals surface area contributed by atoms with E-state index in [4.69, 9.17) is 5.11 Å². The highest BCUT2D eigenvalue weighted by Gasteiger charge is 2.19. The molecule has 5 nitrogen and oxygen atoms in total. The van der Waals surface area contributed by atoms with Gasteiger partial charge in [-0.15, -0.1) is 11.3 Å². The monoisotopic (exact) mass is 298 g/mol. The summed E-state index contributed by atoms with van der Waals surface area (Å²) in [5, 5.41) is 14.3. The maximum Gasteiger partial charge on any atom is 0.326 e. The number of aliphatic carboxylic acids is 1. The van der Waals surface area contributed by atoms with Gasteiger partial charge in [0.1, 0.15) is 6.04 Å². The van der Waals surface area contributed by atoms with Crippen LogP contribution in [-0.4, -0.2) is 29.2 Å². The molecule has 1 aromatic rings. The van der Waals surface area contributed by atoms with Crippen LogP contribution >= 0.6 is 11.3 Å². The second-order valence-electron chi connectivity index (χ2n) is 4.91. The second-order valence-corrected chi connectivity index (χ2v) is 6.29. The Labute approximate surface area is 123 Å². The summed E-state index contributed by atoms with van der Waals surface area (Å²) in [4.78, 5) is 25.2. The smallest absolute Gasteiger partial charge is 0.326 e. The first-order chi connectivity index (χ1) is 9.42. The third kappa shape index (κ3) is 5.61. The van der Waals surface area contributed by atoms with Crippen LogP contribution in [0, 0.1) is 6.92 Å². The number of carbonyl (C=O) groups is 2. The lowest BCUT2D eigenvalue weighted by Gasteiger charge is -2.17. The summed E-state index contributed by atoms with van der Waals surface area (Å²) < 4.78 is 0. The Morgan fingerprint density at radius 3 is 2.55 bits per heavy atom. The largest absolute Gasteiger partial charge is 0.480 e. The Bertz CT molecular complexity index is 459. The summed E-state index contributed by atoms with van der Waals surface area (Å²) in [5.74, 6) is -0.997. The number of aryl methyl sites for hydroxylation is 1. The Morgan fingerprint density at radius 1 is 1.35 bits per heavy atom. The number of rotatable bonds is 7. The van der Waals surface area contributed by atoms with E-state index in [-0.39, 0.29) is 6.04 Å². The summed E-state index contributed by atoms with van der Waals surface area (Å²) in [6.07, 6.45) is 1.89. The van der Waals surface area contributed by atoms with Crippen molar-refractivity contribution in [1.29, 1.82) is 0 Å². The zero-order valence-corrected chi connectivity index (χ0v) is 12.9. The molecule has 0 aliphatic rings. The highest BCUT2D eigenvalue weighted by molar-refractivity contribution is 7.11. The third-order valence-corrected chi connectivity index (χ3v) is 3.88. The van der Waals surface area contributed by atoms with Gasteiger partial charge < -0.3 is 15.7 Å². The van der Waals surface area contributed by atoms with Crippen molar-refractivity contribution in [3.05, 3.63) is 21.9 Å². The molecule has 0 radical (unpaired) electrons. The molecule has 0 bridgehead atoms. The minimum atomic E-state index is -0.997. The van der Waals surface area contributed by atoms with E-state index in [0.717, 1.165) is 6.42 Å². The fourth-order valence-electron chi connectivity index (χ4n) is 1.92. The Kier molecular flexibility index (Phi) is 6.51. The minimum absolute atomic E-state index is 0.0379. The number of carboxylic acid groups (broad SMARTS) is 1. The van der Waals surface area contributed by atoms with Gasteiger partial charge in [0, 0.05) is 22.2 Å². The van der Waals surface area contributed by atoms with Gasteiger partial charge in [-0.05, 0) is 32.4 Å². The van der Waals surface area contributed by atoms with Crippen molar-refractivity contribution in [3.63, 3.8) is 0 Å². The van der Waals surface area contributed by atoms with Crippen LogP contribution in [0.4, 0.5) is 4.79 Å². The average molecular weight is 298 g/mol. The fourth-order valence-corrected chi connectivity index (χ4v) is 2.94. The average Bonchev–Trinajstić information content (AvgIpc) is 2.73. The SMILES string of the molecule is CCCC(NC(=O)NC(C)Cc1ccc(C)s1)C(=O)O. The molecule has 0 saturated heterocycles. The van der Waals surface area contributed by atoms with Crippen LogP contribution in [0.5, 0.6) is 0 Å². The van der Waals surface area contributed by atoms with Crippen LogP contribution in [0.2, 0.25) is 0 Å². The van der Waals surface area contributed by atoms with E-state index >= 15 is 0 Å². The number of thiophene rings is 1. The first kappa shape index (κ1) is 16.5. The van der Waals surface area contributed by atoms with Gasteiger partial charge in [-0.1, -0.05) is 13.3 Å². The Hall–Kier alpha value is -1.56. The van der Waals surface area contributed by atoms with E-state index in [9.17, 15) is 9.59 Å². The predicted molar refractivity (Wildman–Crippen MR) is 80.2 cm³/mol. The van der Waals surface area contributed by atoms with Crippen molar-refractivity contribution in [2.75, 3.05) is 0 Å². The van der Waals surface area contributed by atoms with Crippen molar-refractivity contribution < 1.29 is 14.7 Å². The number of amides is 2. The van der Waals surface area contributed by atoms with Crippen molar-refractivity contribution in [2.45, 2.75) is 52.1 Å². The van der Waals surface area contributed by atoms with Crippen LogP contribution in [0.1, 0.15) is 36.4 Å². The first-order valence-corrected chi connectivity index (χ1v) is 7.59. The van der Waals surface area contributed by atoms with Gasteiger partial charge in [0.25, 0.3) is 0 Å². The molecule has 0 fully saturated rings. The van der Waals surface area contributed by atoms with Gasteiger partial charge in [0.05, 0.1) is 0 Å². The summed E-state index contributed by atoms with van der Waals surface area (Å²) in [6, 6.07) is 2.81. The molecule has 1 heterocycles. The van der Waals surface area contributed by atoms with Gasteiger partial charge >= 0.3 is 12.0 Å². The summed E-state index contributed by atoms with van der Waals surface area (Å²) in [6.45, 7) is 5.84. The van der Waals surface area contributed by atoms with E-state index in [1.807, 2.05) is 26.8 Å². The van der Waals surface area contributed by atoms with Crippen LogP contribution in [0.3, 0.4) is 0 Å². The van der Waals surface area contributed by atoms with E-state index in [1.165, 1.54) is 9.75 Å². The molecule has 1 aromatic heterocycles. The third-order valence-electron chi connectivity index (χ3n) is 2.86. The van der Waals surface area contributed by atoms with Crippen LogP contribution in [-0.2, 0) is 11.2 Å². The maximum absolute atomic E-state index is 11.8. The molecule has 112 valence electrons. The van der Waals surface area contributed by atoms with Crippen molar-refractivity contribution in [2.24, 2.45) is 0 Å². The quantitative estimate of drug-likeness (QED) is 0.724. The fraction of sp³-hybridized carbons (Fsp3) is 0.571. The molecule has 0 spiro atoms. The van der Waals surface area contributed by atoms with Gasteiger partial charge in [-0.2, -0.15) is 0 Å². The number of nitrogens with one attached hydrogen (secondary N) is 2. The first-order valence-electron chi connectivity index (χ1n) is 6.77. The molecule has 6 heteroatoms. The van der Waals surface area contributed by atoms with Crippen LogP contribution in [0.15, 0.2) is 12.1 Å². The van der Waals surface area contributed by atoms with E-state index in [2.05, 4.69) is 16.7 Å². The summed E-state index contributed by atoms with van der Waals surface area (Å²) >= 11 is 1.70. The van der Waals surface area contributed by atoms with E-state index in [1.54, 1.807) is 11.3 Å². The van der Waals surface area contributed by atoms with Gasteiger partial charge in [-0.25, -0.2) is 9.59 Å². The van der Waals surface area contributed by atoms with Crippen molar-refractivity contribution >= 4 is 23.3 Å². The number of hydrogen-bond donors (Lipinski definition) is 3. The number of urea groups is 1. The summed E-state index contributed by atoms with van der Waals surface area (Å²) in [7, 11) is 0. The van der Waals surface area contributed by atoms with Gasteiger partial charge in [0.15, 0.2) is 0 Å². The molecule has 1 rings (SSSR count). The maximum atomic E-state index is 11.8. The summed E-state index contributed by atoms with van der Waals surface area (Å²) in [5.41, 5.74) is 0. The van der Waals surface area contributed by atoms with E-state index in [0.29, 0.717) is 12.8 Å². The van der Waals surface area contributed by atoms with Crippen LogP contribution in [0.25, 0.3) is 0 Å². The molecule has 0 aliphatic heterocycles. The standard InChI is InChI=1S/C14H22N2O3S/c1-4-5-12(13(17)18)16-14(19)15-9(2)8-11-7-6-10(3)20-11/h6-7,9,12H,4-5,8H2,1-3H3,(H,17,18)(H2,15,16,19).